The van der Waals surface area contributed by atoms with Crippen molar-refractivity contribution in [2.75, 3.05) is 6.54 Å². The largest absolute Gasteiger partial charge is 0.340 e. The highest BCUT2D eigenvalue weighted by Gasteiger charge is 2.32. The predicted molar refractivity (Wildman–Crippen MR) is 121 cm³/mol. The van der Waals surface area contributed by atoms with Crippen molar-refractivity contribution in [1.82, 2.24) is 24.6 Å². The van der Waals surface area contributed by atoms with E-state index in [1.54, 1.807) is 53.6 Å². The molecule has 9 heteroatoms. The molecule has 1 saturated heterocycles. The number of carbonyl (C=O) groups excluding carboxylic acids is 1. The molecule has 0 radical (unpaired) electrons. The lowest BCUT2D eigenvalue weighted by molar-refractivity contribution is -0.132. The van der Waals surface area contributed by atoms with E-state index >= 15 is 0 Å². The molecular formula is C24H22FN5O3. The number of halogens is 1. The Kier molecular flexibility index (Phi) is 5.37. The fourth-order valence-corrected chi connectivity index (χ4v) is 4.43. The van der Waals surface area contributed by atoms with Gasteiger partial charge in [0.15, 0.2) is 0 Å². The first kappa shape index (κ1) is 20.9. The summed E-state index contributed by atoms with van der Waals surface area (Å²) in [4.78, 5) is 47.3. The number of aromatic nitrogens is 4. The van der Waals surface area contributed by atoms with Crippen LogP contribution >= 0.6 is 0 Å². The van der Waals surface area contributed by atoms with Gasteiger partial charge >= 0.3 is 0 Å². The average Bonchev–Trinajstić information content (AvgIpc) is 3.50. The molecule has 2 aromatic carbocycles. The van der Waals surface area contributed by atoms with E-state index in [1.165, 1.54) is 10.7 Å². The van der Waals surface area contributed by atoms with Crippen LogP contribution in [0, 0.1) is 5.82 Å². The van der Waals surface area contributed by atoms with Gasteiger partial charge in [-0.05, 0) is 37.1 Å². The van der Waals surface area contributed by atoms with Gasteiger partial charge in [0.25, 0.3) is 11.1 Å². The van der Waals surface area contributed by atoms with Crippen molar-refractivity contribution in [3.8, 4) is 11.3 Å². The molecule has 0 bridgehead atoms. The molecule has 5 rings (SSSR count). The van der Waals surface area contributed by atoms with Gasteiger partial charge in [-0.1, -0.05) is 24.3 Å². The minimum Gasteiger partial charge on any atom is -0.340 e. The zero-order chi connectivity index (χ0) is 22.9. The molecule has 33 heavy (non-hydrogen) atoms. The van der Waals surface area contributed by atoms with Crippen molar-refractivity contribution < 1.29 is 9.18 Å². The molecule has 1 fully saturated rings. The lowest BCUT2D eigenvalue weighted by Crippen LogP contribution is -2.35. The first-order valence-corrected chi connectivity index (χ1v) is 10.8. The number of benzene rings is 2. The number of H-pyrrole nitrogens is 2. The second kappa shape index (κ2) is 8.50. The molecule has 2 aromatic heterocycles. The van der Waals surface area contributed by atoms with Crippen LogP contribution in [0.3, 0.4) is 0 Å². The van der Waals surface area contributed by atoms with E-state index in [2.05, 4.69) is 15.1 Å². The van der Waals surface area contributed by atoms with Crippen molar-refractivity contribution in [3.63, 3.8) is 0 Å². The Labute approximate surface area is 187 Å². The lowest BCUT2D eigenvalue weighted by atomic mass is 10.1. The number of nitrogens with zero attached hydrogens (tertiary/aromatic N) is 3. The molecular weight excluding hydrogens is 425 g/mol. The molecule has 3 heterocycles. The zero-order valence-electron chi connectivity index (χ0n) is 17.8. The number of rotatable bonds is 5. The second-order valence-electron chi connectivity index (χ2n) is 8.10. The van der Waals surface area contributed by atoms with Crippen LogP contribution in [0.5, 0.6) is 0 Å². The molecule has 1 unspecified atom stereocenters. The average molecular weight is 447 g/mol. The highest BCUT2D eigenvalue weighted by Crippen LogP contribution is 2.32. The van der Waals surface area contributed by atoms with Gasteiger partial charge in [0.1, 0.15) is 11.6 Å². The summed E-state index contributed by atoms with van der Waals surface area (Å²) in [6.45, 7) is 0.641. The van der Waals surface area contributed by atoms with Crippen molar-refractivity contribution in [2.24, 2.45) is 0 Å². The van der Waals surface area contributed by atoms with E-state index in [-0.39, 0.29) is 41.9 Å². The Hall–Kier alpha value is -4.01. The van der Waals surface area contributed by atoms with Gasteiger partial charge in [-0.25, -0.2) is 14.1 Å². The summed E-state index contributed by atoms with van der Waals surface area (Å²) in [6, 6.07) is 12.8. The van der Waals surface area contributed by atoms with Crippen LogP contribution in [0.2, 0.25) is 0 Å². The summed E-state index contributed by atoms with van der Waals surface area (Å²) in [6.07, 6.45) is 3.20. The number of imidazole rings is 1. The molecule has 1 aliphatic heterocycles. The summed E-state index contributed by atoms with van der Waals surface area (Å²) < 4.78 is 15.3. The Morgan fingerprint density at radius 2 is 1.85 bits per heavy atom. The third-order valence-electron chi connectivity index (χ3n) is 6.08. The second-order valence-corrected chi connectivity index (χ2v) is 8.10. The highest BCUT2D eigenvalue weighted by atomic mass is 19.1. The van der Waals surface area contributed by atoms with E-state index in [0.29, 0.717) is 34.4 Å². The number of hydrogen-bond acceptors (Lipinski definition) is 4. The number of fused-ring (bicyclic) bond motifs is 1. The SMILES string of the molecule is O=C(CCn1[nH]c(=O)c2ccccc2c1=O)N1CCCC1c1ncc(-c2ccccc2F)[nH]1. The molecule has 1 amide bonds. The fourth-order valence-electron chi connectivity index (χ4n) is 4.43. The minimum atomic E-state index is -0.368. The Balaban J connectivity index is 1.33. The van der Waals surface area contributed by atoms with Crippen LogP contribution in [0.25, 0.3) is 22.0 Å². The third kappa shape index (κ3) is 3.86. The van der Waals surface area contributed by atoms with Crippen LogP contribution in [-0.2, 0) is 11.3 Å². The third-order valence-corrected chi connectivity index (χ3v) is 6.08. The molecule has 2 N–H and O–H groups in total. The highest BCUT2D eigenvalue weighted by molar-refractivity contribution is 5.80. The maximum Gasteiger partial charge on any atom is 0.273 e. The molecule has 168 valence electrons. The van der Waals surface area contributed by atoms with E-state index in [4.69, 9.17) is 0 Å². The molecule has 1 aliphatic rings. The van der Waals surface area contributed by atoms with Crippen molar-refractivity contribution in [3.05, 3.63) is 87.1 Å². The quantitative estimate of drug-likeness (QED) is 0.491. The van der Waals surface area contributed by atoms with Crippen LogP contribution in [0.4, 0.5) is 4.39 Å². The van der Waals surface area contributed by atoms with E-state index in [9.17, 15) is 18.8 Å². The minimum absolute atomic E-state index is 0.0611. The van der Waals surface area contributed by atoms with Gasteiger partial charge in [-0.15, -0.1) is 0 Å². The monoisotopic (exact) mass is 447 g/mol. The number of aryl methyl sites for hydroxylation is 1. The maximum absolute atomic E-state index is 14.1. The van der Waals surface area contributed by atoms with E-state index in [1.807, 2.05) is 0 Å². The first-order chi connectivity index (χ1) is 16.0. The number of likely N-dealkylation sites (tertiary alicyclic amines) is 1. The van der Waals surface area contributed by atoms with Crippen molar-refractivity contribution >= 4 is 16.7 Å². The molecule has 8 nitrogen and oxygen atoms in total. The van der Waals surface area contributed by atoms with Crippen molar-refractivity contribution in [2.45, 2.75) is 31.8 Å². The van der Waals surface area contributed by atoms with Gasteiger partial charge in [0.05, 0.1) is 35.2 Å². The molecule has 1 atom stereocenters. The summed E-state index contributed by atoms with van der Waals surface area (Å²) in [5, 5.41) is 3.21. The van der Waals surface area contributed by atoms with Crippen LogP contribution < -0.4 is 11.1 Å². The van der Waals surface area contributed by atoms with Crippen LogP contribution in [0.15, 0.2) is 64.3 Å². The first-order valence-electron chi connectivity index (χ1n) is 10.8. The van der Waals surface area contributed by atoms with Crippen LogP contribution in [-0.4, -0.2) is 37.1 Å². The summed E-state index contributed by atoms with van der Waals surface area (Å²) >= 11 is 0. The summed E-state index contributed by atoms with van der Waals surface area (Å²) in [5.74, 6) is 0.125. The number of nitrogens with one attached hydrogen (secondary N) is 2. The normalized spacial score (nSPS) is 15.9. The number of carbonyl (C=O) groups is 1. The van der Waals surface area contributed by atoms with Crippen molar-refractivity contribution in [1.29, 1.82) is 0 Å². The van der Waals surface area contributed by atoms with Crippen LogP contribution in [0.1, 0.15) is 31.1 Å². The van der Waals surface area contributed by atoms with Gasteiger partial charge in [0, 0.05) is 18.5 Å². The van der Waals surface area contributed by atoms with E-state index in [0.717, 1.165) is 12.8 Å². The summed E-state index contributed by atoms with van der Waals surface area (Å²) in [5.41, 5.74) is 0.277. The maximum atomic E-state index is 14.1. The standard InChI is InChI=1S/C24H22FN5O3/c25-18-9-4-3-8-17(18)19-14-26-22(27-19)20-10-5-12-29(20)21(31)11-13-30-24(33)16-7-2-1-6-15(16)23(32)28-30/h1-4,6-9,14,20H,5,10-13H2,(H,26,27)(H,28,32). The Bertz CT molecular complexity index is 1450. The van der Waals surface area contributed by atoms with Gasteiger partial charge < -0.3 is 9.88 Å². The van der Waals surface area contributed by atoms with Gasteiger partial charge in [0.2, 0.25) is 5.91 Å². The molecule has 0 aliphatic carbocycles. The zero-order valence-corrected chi connectivity index (χ0v) is 17.8. The van der Waals surface area contributed by atoms with Gasteiger partial charge in [-0.3, -0.25) is 19.5 Å². The number of hydrogen-bond donors (Lipinski definition) is 2. The van der Waals surface area contributed by atoms with Gasteiger partial charge in [-0.2, -0.15) is 0 Å². The fraction of sp³-hybridized carbons (Fsp3) is 0.250. The predicted octanol–water partition coefficient (Wildman–Crippen LogP) is 2.97. The smallest absolute Gasteiger partial charge is 0.273 e. The Morgan fingerprint density at radius 1 is 1.09 bits per heavy atom. The molecule has 4 aromatic rings. The molecule has 0 saturated carbocycles. The summed E-state index contributed by atoms with van der Waals surface area (Å²) in [7, 11) is 0. The number of amides is 1. The van der Waals surface area contributed by atoms with E-state index < -0.39 is 0 Å². The number of aromatic amines is 2. The molecule has 0 spiro atoms. The Morgan fingerprint density at radius 3 is 2.67 bits per heavy atom. The lowest BCUT2D eigenvalue weighted by Gasteiger charge is -2.23. The topological polar surface area (TPSA) is 104 Å².